The Bertz CT molecular complexity index is 666. The number of ether oxygens (including phenoxy) is 1. The van der Waals surface area contributed by atoms with Crippen molar-refractivity contribution in [2.75, 3.05) is 26.0 Å². The fourth-order valence-electron chi connectivity index (χ4n) is 2.72. The third-order valence-electron chi connectivity index (χ3n) is 4.06. The Balaban J connectivity index is 1.88. The molecule has 1 aromatic rings. The molecule has 0 bridgehead atoms. The van der Waals surface area contributed by atoms with Crippen LogP contribution in [0.5, 0.6) is 5.75 Å². The van der Waals surface area contributed by atoms with Crippen molar-refractivity contribution in [2.24, 2.45) is 5.92 Å². The van der Waals surface area contributed by atoms with Gasteiger partial charge in [-0.2, -0.15) is 0 Å². The molecule has 1 heterocycles. The molecule has 1 amide bonds. The van der Waals surface area contributed by atoms with Crippen molar-refractivity contribution >= 4 is 29.3 Å². The maximum Gasteiger partial charge on any atom is 0.311 e. The number of piperidine rings is 1. The van der Waals surface area contributed by atoms with Crippen molar-refractivity contribution < 1.29 is 24.4 Å². The molecule has 1 aliphatic rings. The molecule has 1 aromatic carbocycles. The van der Waals surface area contributed by atoms with Crippen LogP contribution in [0.4, 0.5) is 5.69 Å². The lowest BCUT2D eigenvalue weighted by atomic mass is 9.98. The number of nitrogens with zero attached hydrogens (tertiary/aromatic N) is 2. The predicted molar refractivity (Wildman–Crippen MR) is 92.8 cm³/mol. The van der Waals surface area contributed by atoms with Crippen LogP contribution in [-0.4, -0.2) is 52.8 Å². The van der Waals surface area contributed by atoms with Crippen molar-refractivity contribution in [3.05, 3.63) is 33.9 Å². The summed E-state index contributed by atoms with van der Waals surface area (Å²) in [5.74, 6) is -0.594. The molecule has 136 valence electrons. The van der Waals surface area contributed by atoms with Crippen LogP contribution in [0.15, 0.2) is 18.2 Å². The number of carboxylic acids is 1. The highest BCUT2D eigenvalue weighted by Crippen LogP contribution is 2.29. The van der Waals surface area contributed by atoms with Gasteiger partial charge in [-0.1, -0.05) is 6.07 Å². The van der Waals surface area contributed by atoms with E-state index in [0.717, 1.165) is 5.56 Å². The fourth-order valence-corrected chi connectivity index (χ4v) is 3.60. The van der Waals surface area contributed by atoms with Gasteiger partial charge in [-0.3, -0.25) is 19.7 Å². The van der Waals surface area contributed by atoms with Gasteiger partial charge in [-0.15, -0.1) is 11.8 Å². The number of thioether (sulfide) groups is 1. The molecule has 1 saturated heterocycles. The second kappa shape index (κ2) is 8.70. The molecular formula is C16H20N2O6S. The number of hydrogen-bond donors (Lipinski definition) is 1. The Labute approximate surface area is 149 Å². The van der Waals surface area contributed by atoms with Crippen molar-refractivity contribution in [2.45, 2.75) is 18.6 Å². The van der Waals surface area contributed by atoms with E-state index in [2.05, 4.69) is 0 Å². The van der Waals surface area contributed by atoms with Gasteiger partial charge in [-0.25, -0.2) is 0 Å². The second-order valence-electron chi connectivity index (χ2n) is 5.77. The minimum absolute atomic E-state index is 0.0982. The number of nitro groups is 1. The highest BCUT2D eigenvalue weighted by atomic mass is 32.2. The summed E-state index contributed by atoms with van der Waals surface area (Å²) >= 11 is 1.35. The van der Waals surface area contributed by atoms with Crippen molar-refractivity contribution in [3.8, 4) is 5.75 Å². The van der Waals surface area contributed by atoms with Gasteiger partial charge < -0.3 is 14.7 Å². The van der Waals surface area contributed by atoms with Gasteiger partial charge in [0.15, 0.2) is 5.75 Å². The first-order chi connectivity index (χ1) is 11.9. The normalized spacial score (nSPS) is 17.2. The number of amides is 1. The zero-order chi connectivity index (χ0) is 18.4. The first kappa shape index (κ1) is 19.0. The number of methoxy groups -OCH3 is 1. The molecule has 1 atom stereocenters. The van der Waals surface area contributed by atoms with Crippen molar-refractivity contribution in [1.82, 2.24) is 4.90 Å². The lowest BCUT2D eigenvalue weighted by molar-refractivity contribution is -0.385. The fraction of sp³-hybridized carbons (Fsp3) is 0.500. The van der Waals surface area contributed by atoms with E-state index >= 15 is 0 Å². The van der Waals surface area contributed by atoms with Crippen LogP contribution in [0.3, 0.4) is 0 Å². The maximum atomic E-state index is 12.2. The maximum absolute atomic E-state index is 12.2. The molecule has 1 fully saturated rings. The second-order valence-corrected chi connectivity index (χ2v) is 6.76. The third-order valence-corrected chi connectivity index (χ3v) is 5.05. The molecule has 1 unspecified atom stereocenters. The lowest BCUT2D eigenvalue weighted by Gasteiger charge is -2.30. The average molecular weight is 368 g/mol. The van der Waals surface area contributed by atoms with E-state index in [1.54, 1.807) is 11.0 Å². The highest BCUT2D eigenvalue weighted by Gasteiger charge is 2.27. The van der Waals surface area contributed by atoms with Gasteiger partial charge >= 0.3 is 11.7 Å². The van der Waals surface area contributed by atoms with Gasteiger partial charge in [0.25, 0.3) is 0 Å². The van der Waals surface area contributed by atoms with Gasteiger partial charge in [0, 0.05) is 24.9 Å². The van der Waals surface area contributed by atoms with Crippen molar-refractivity contribution in [3.63, 3.8) is 0 Å². The molecule has 25 heavy (non-hydrogen) atoms. The third kappa shape index (κ3) is 5.09. The van der Waals surface area contributed by atoms with E-state index < -0.39 is 16.8 Å². The molecule has 0 spiro atoms. The van der Waals surface area contributed by atoms with Crippen LogP contribution in [-0.2, 0) is 15.3 Å². The SMILES string of the molecule is COc1ccc(CSCC(=O)N2CCCC(C(=O)O)C2)cc1[N+](=O)[O-]. The number of carbonyl (C=O) groups is 2. The van der Waals surface area contributed by atoms with E-state index in [0.29, 0.717) is 25.1 Å². The highest BCUT2D eigenvalue weighted by molar-refractivity contribution is 7.99. The first-order valence-electron chi connectivity index (χ1n) is 7.82. The van der Waals surface area contributed by atoms with Gasteiger partial charge in [0.2, 0.25) is 5.91 Å². The Hall–Kier alpha value is -2.29. The summed E-state index contributed by atoms with van der Waals surface area (Å²) in [4.78, 5) is 35.4. The topological polar surface area (TPSA) is 110 Å². The molecule has 9 heteroatoms. The van der Waals surface area contributed by atoms with Crippen LogP contribution < -0.4 is 4.74 Å². The Morgan fingerprint density at radius 3 is 2.88 bits per heavy atom. The number of aliphatic carboxylic acids is 1. The average Bonchev–Trinajstić information content (AvgIpc) is 2.61. The smallest absolute Gasteiger partial charge is 0.311 e. The molecule has 8 nitrogen and oxygen atoms in total. The number of rotatable bonds is 7. The molecule has 0 aliphatic carbocycles. The summed E-state index contributed by atoms with van der Waals surface area (Å²) in [5.41, 5.74) is 0.625. The number of hydrogen-bond acceptors (Lipinski definition) is 6. The Morgan fingerprint density at radius 2 is 2.24 bits per heavy atom. The number of likely N-dealkylation sites (tertiary alicyclic amines) is 1. The monoisotopic (exact) mass is 368 g/mol. The van der Waals surface area contributed by atoms with Gasteiger partial charge in [0.1, 0.15) is 0 Å². The summed E-state index contributed by atoms with van der Waals surface area (Å²) in [6.07, 6.45) is 1.29. The molecule has 1 N–H and O–H groups in total. The van der Waals surface area contributed by atoms with Crippen LogP contribution in [0.25, 0.3) is 0 Å². The predicted octanol–water partition coefficient (Wildman–Crippen LogP) is 2.16. The minimum Gasteiger partial charge on any atom is -0.490 e. The quantitative estimate of drug-likeness (QED) is 0.580. The summed E-state index contributed by atoms with van der Waals surface area (Å²) < 4.78 is 4.96. The van der Waals surface area contributed by atoms with E-state index in [4.69, 9.17) is 9.84 Å². The van der Waals surface area contributed by atoms with Crippen LogP contribution >= 0.6 is 11.8 Å². The zero-order valence-corrected chi connectivity index (χ0v) is 14.7. The number of nitro benzene ring substituents is 1. The summed E-state index contributed by atoms with van der Waals surface area (Å²) in [7, 11) is 1.37. The van der Waals surface area contributed by atoms with E-state index in [1.807, 2.05) is 0 Å². The Kier molecular flexibility index (Phi) is 6.63. The van der Waals surface area contributed by atoms with Crippen molar-refractivity contribution in [1.29, 1.82) is 0 Å². The number of carbonyl (C=O) groups excluding carboxylic acids is 1. The summed E-state index contributed by atoms with van der Waals surface area (Å²) in [6.45, 7) is 0.833. The standard InChI is InChI=1S/C16H20N2O6S/c1-24-14-5-4-11(7-13(14)18(22)23)9-25-10-15(19)17-6-2-3-12(8-17)16(20)21/h4-5,7,12H,2-3,6,8-10H2,1H3,(H,20,21). The lowest BCUT2D eigenvalue weighted by Crippen LogP contribution is -2.43. The molecule has 0 aromatic heterocycles. The van der Waals surface area contributed by atoms with E-state index in [-0.39, 0.29) is 29.6 Å². The van der Waals surface area contributed by atoms with E-state index in [9.17, 15) is 19.7 Å². The molecular weight excluding hydrogens is 348 g/mol. The summed E-state index contributed by atoms with van der Waals surface area (Å²) in [5, 5.41) is 20.1. The van der Waals surface area contributed by atoms with Crippen LogP contribution in [0, 0.1) is 16.0 Å². The molecule has 1 aliphatic heterocycles. The zero-order valence-electron chi connectivity index (χ0n) is 13.8. The van der Waals surface area contributed by atoms with E-state index in [1.165, 1.54) is 31.0 Å². The molecule has 2 rings (SSSR count). The van der Waals surface area contributed by atoms with Crippen LogP contribution in [0.1, 0.15) is 18.4 Å². The van der Waals surface area contributed by atoms with Gasteiger partial charge in [-0.05, 0) is 24.5 Å². The Morgan fingerprint density at radius 1 is 1.48 bits per heavy atom. The minimum atomic E-state index is -0.865. The molecule has 0 radical (unpaired) electrons. The molecule has 0 saturated carbocycles. The van der Waals surface area contributed by atoms with Gasteiger partial charge in [0.05, 0.1) is 23.7 Å². The number of benzene rings is 1. The largest absolute Gasteiger partial charge is 0.490 e. The first-order valence-corrected chi connectivity index (χ1v) is 8.97. The summed E-state index contributed by atoms with van der Waals surface area (Å²) in [6, 6.07) is 4.71. The van der Waals surface area contributed by atoms with Crippen LogP contribution in [0.2, 0.25) is 0 Å². The number of carboxylic acid groups (broad SMARTS) is 1.